The van der Waals surface area contributed by atoms with Crippen LogP contribution in [-0.2, 0) is 19.1 Å². The van der Waals surface area contributed by atoms with Crippen molar-refractivity contribution in [2.45, 2.75) is 19.3 Å². The van der Waals surface area contributed by atoms with Gasteiger partial charge in [-0.3, -0.25) is 14.4 Å². The van der Waals surface area contributed by atoms with Crippen LogP contribution in [0.4, 0.5) is 5.69 Å². The summed E-state index contributed by atoms with van der Waals surface area (Å²) in [5.74, 6) is -0.838. The van der Waals surface area contributed by atoms with Gasteiger partial charge < -0.3 is 14.5 Å². The number of benzene rings is 1. The van der Waals surface area contributed by atoms with E-state index >= 15 is 0 Å². The van der Waals surface area contributed by atoms with E-state index in [1.807, 2.05) is 0 Å². The molecule has 0 spiro atoms. The monoisotopic (exact) mass is 352 g/mol. The summed E-state index contributed by atoms with van der Waals surface area (Å²) in [6.07, 6.45) is 0.993. The van der Waals surface area contributed by atoms with E-state index in [0.29, 0.717) is 30.2 Å². The predicted molar refractivity (Wildman–Crippen MR) is 90.8 cm³/mol. The maximum Gasteiger partial charge on any atom is 0.305 e. The Morgan fingerprint density at radius 2 is 2.17 bits per heavy atom. The number of esters is 1. The molecule has 2 rings (SSSR count). The minimum atomic E-state index is -0.375. The second-order valence-electron chi connectivity index (χ2n) is 5.82. The number of rotatable bonds is 6. The summed E-state index contributed by atoms with van der Waals surface area (Å²) in [7, 11) is 3.03. The molecular formula is C17H21ClN2O4. The second kappa shape index (κ2) is 8.15. The molecule has 7 heteroatoms. The van der Waals surface area contributed by atoms with Crippen LogP contribution in [0.15, 0.2) is 24.3 Å². The summed E-state index contributed by atoms with van der Waals surface area (Å²) in [5.41, 5.74) is 0.705. The molecule has 0 aliphatic carbocycles. The van der Waals surface area contributed by atoms with Crippen molar-refractivity contribution in [2.24, 2.45) is 5.92 Å². The zero-order chi connectivity index (χ0) is 17.7. The fraction of sp³-hybridized carbons (Fsp3) is 0.471. The third kappa shape index (κ3) is 4.47. The van der Waals surface area contributed by atoms with E-state index in [9.17, 15) is 14.4 Å². The third-order valence-electron chi connectivity index (χ3n) is 4.07. The number of halogens is 1. The van der Waals surface area contributed by atoms with Crippen LogP contribution in [0.5, 0.6) is 0 Å². The number of ether oxygens (including phenoxy) is 1. The first-order chi connectivity index (χ1) is 11.4. The van der Waals surface area contributed by atoms with Crippen LogP contribution in [0.2, 0.25) is 5.02 Å². The lowest BCUT2D eigenvalue weighted by atomic mass is 10.1. The van der Waals surface area contributed by atoms with Crippen LogP contribution in [0.3, 0.4) is 0 Å². The average molecular weight is 353 g/mol. The molecule has 1 fully saturated rings. The van der Waals surface area contributed by atoms with Crippen molar-refractivity contribution >= 4 is 35.1 Å². The summed E-state index contributed by atoms with van der Waals surface area (Å²) < 4.78 is 4.57. The largest absolute Gasteiger partial charge is 0.469 e. The number of nitrogens with zero attached hydrogens (tertiary/aromatic N) is 2. The molecule has 0 bridgehead atoms. The smallest absolute Gasteiger partial charge is 0.305 e. The Morgan fingerprint density at radius 3 is 2.83 bits per heavy atom. The maximum atomic E-state index is 12.5. The maximum absolute atomic E-state index is 12.5. The van der Waals surface area contributed by atoms with Gasteiger partial charge in [0.1, 0.15) is 0 Å². The van der Waals surface area contributed by atoms with Crippen molar-refractivity contribution in [3.05, 3.63) is 29.3 Å². The molecule has 0 aromatic heterocycles. The molecule has 6 nitrogen and oxygen atoms in total. The van der Waals surface area contributed by atoms with E-state index in [4.69, 9.17) is 11.6 Å². The van der Waals surface area contributed by atoms with Crippen molar-refractivity contribution in [3.63, 3.8) is 0 Å². The fourth-order valence-corrected chi connectivity index (χ4v) is 2.94. The van der Waals surface area contributed by atoms with Crippen molar-refractivity contribution < 1.29 is 19.1 Å². The highest BCUT2D eigenvalue weighted by molar-refractivity contribution is 6.30. The van der Waals surface area contributed by atoms with Gasteiger partial charge in [-0.2, -0.15) is 0 Å². The van der Waals surface area contributed by atoms with Crippen LogP contribution >= 0.6 is 11.6 Å². The molecule has 130 valence electrons. The van der Waals surface area contributed by atoms with Gasteiger partial charge in [0.25, 0.3) is 0 Å². The molecule has 1 heterocycles. The van der Waals surface area contributed by atoms with Crippen molar-refractivity contribution in [2.75, 3.05) is 32.1 Å². The van der Waals surface area contributed by atoms with E-state index in [0.717, 1.165) is 0 Å². The molecule has 2 amide bonds. The summed E-state index contributed by atoms with van der Waals surface area (Å²) in [4.78, 5) is 39.0. The average Bonchev–Trinajstić information content (AvgIpc) is 2.95. The Kier molecular flexibility index (Phi) is 6.20. The van der Waals surface area contributed by atoms with Gasteiger partial charge >= 0.3 is 5.97 Å². The molecule has 1 saturated heterocycles. The molecule has 0 saturated carbocycles. The third-order valence-corrected chi connectivity index (χ3v) is 4.31. The number of carbonyl (C=O) groups excluding carboxylic acids is 3. The van der Waals surface area contributed by atoms with Crippen LogP contribution in [-0.4, -0.2) is 49.9 Å². The lowest BCUT2D eigenvalue weighted by molar-refractivity contribution is -0.141. The first kappa shape index (κ1) is 18.3. The van der Waals surface area contributed by atoms with E-state index in [1.54, 1.807) is 41.1 Å². The number of hydrogen-bond donors (Lipinski definition) is 0. The summed E-state index contributed by atoms with van der Waals surface area (Å²) in [6.45, 7) is 0.801. The van der Waals surface area contributed by atoms with Gasteiger partial charge in [-0.1, -0.05) is 17.7 Å². The van der Waals surface area contributed by atoms with Crippen LogP contribution < -0.4 is 4.90 Å². The van der Waals surface area contributed by atoms with Gasteiger partial charge in [-0.05, 0) is 24.6 Å². The molecule has 1 aliphatic heterocycles. The van der Waals surface area contributed by atoms with Crippen LogP contribution in [0.25, 0.3) is 0 Å². The molecular weight excluding hydrogens is 332 g/mol. The van der Waals surface area contributed by atoms with Crippen LogP contribution in [0.1, 0.15) is 19.3 Å². The van der Waals surface area contributed by atoms with Gasteiger partial charge in [0.2, 0.25) is 11.8 Å². The molecule has 24 heavy (non-hydrogen) atoms. The number of hydrogen-bond acceptors (Lipinski definition) is 4. The van der Waals surface area contributed by atoms with E-state index in [1.165, 1.54) is 7.11 Å². The van der Waals surface area contributed by atoms with Crippen LogP contribution in [0, 0.1) is 5.92 Å². The SMILES string of the molecule is COC(=O)CCCN(C)C(=O)C1CC(=O)N(c2cccc(Cl)c2)C1. The van der Waals surface area contributed by atoms with Gasteiger partial charge in [0.15, 0.2) is 0 Å². The highest BCUT2D eigenvalue weighted by Crippen LogP contribution is 2.28. The Bertz CT molecular complexity index is 635. The normalized spacial score (nSPS) is 17.0. The molecule has 1 aliphatic rings. The minimum absolute atomic E-state index is 0.0847. The number of amides is 2. The first-order valence-electron chi connectivity index (χ1n) is 7.80. The number of methoxy groups -OCH3 is 1. The molecule has 1 aromatic carbocycles. The quantitative estimate of drug-likeness (QED) is 0.735. The molecule has 1 atom stereocenters. The first-order valence-corrected chi connectivity index (χ1v) is 8.18. The second-order valence-corrected chi connectivity index (χ2v) is 6.26. The van der Waals surface area contributed by atoms with Gasteiger partial charge in [0.05, 0.1) is 13.0 Å². The van der Waals surface area contributed by atoms with E-state index < -0.39 is 0 Å². The minimum Gasteiger partial charge on any atom is -0.469 e. The van der Waals surface area contributed by atoms with Gasteiger partial charge in [-0.15, -0.1) is 0 Å². The van der Waals surface area contributed by atoms with E-state index in [2.05, 4.69) is 4.74 Å². The topological polar surface area (TPSA) is 66.9 Å². The summed E-state index contributed by atoms with van der Waals surface area (Å²) in [5, 5.41) is 0.551. The van der Waals surface area contributed by atoms with Gasteiger partial charge in [-0.25, -0.2) is 0 Å². The van der Waals surface area contributed by atoms with E-state index in [-0.39, 0.29) is 36.5 Å². The summed E-state index contributed by atoms with van der Waals surface area (Å²) >= 11 is 5.96. The highest BCUT2D eigenvalue weighted by Gasteiger charge is 2.36. The predicted octanol–water partition coefficient (Wildman–Crippen LogP) is 2.10. The molecule has 0 N–H and O–H groups in total. The number of carbonyl (C=O) groups is 3. The lowest BCUT2D eigenvalue weighted by Gasteiger charge is -2.21. The highest BCUT2D eigenvalue weighted by atomic mass is 35.5. The Balaban J connectivity index is 1.92. The summed E-state index contributed by atoms with van der Waals surface area (Å²) in [6, 6.07) is 7.03. The van der Waals surface area contributed by atoms with Crippen molar-refractivity contribution in [1.29, 1.82) is 0 Å². The lowest BCUT2D eigenvalue weighted by Crippen LogP contribution is -2.35. The Labute approximate surface area is 146 Å². The zero-order valence-electron chi connectivity index (χ0n) is 13.8. The molecule has 1 aromatic rings. The Morgan fingerprint density at radius 1 is 1.42 bits per heavy atom. The Hall–Kier alpha value is -2.08. The van der Waals surface area contributed by atoms with Gasteiger partial charge in [0, 0.05) is 43.7 Å². The zero-order valence-corrected chi connectivity index (χ0v) is 14.6. The standard InChI is InChI=1S/C17H21ClN2O4/c1-19(8-4-7-16(22)24-2)17(23)12-9-15(21)20(11-12)14-6-3-5-13(18)10-14/h3,5-6,10,12H,4,7-9,11H2,1-2H3. The van der Waals surface area contributed by atoms with Crippen molar-refractivity contribution in [1.82, 2.24) is 4.90 Å². The number of anilines is 1. The fourth-order valence-electron chi connectivity index (χ4n) is 2.75. The van der Waals surface area contributed by atoms with Crippen molar-refractivity contribution in [3.8, 4) is 0 Å². The molecule has 1 unspecified atom stereocenters. The molecule has 0 radical (unpaired) electrons.